The van der Waals surface area contributed by atoms with E-state index in [0.29, 0.717) is 17.1 Å². The summed E-state index contributed by atoms with van der Waals surface area (Å²) in [5, 5.41) is 9.43. The summed E-state index contributed by atoms with van der Waals surface area (Å²) in [6.45, 7) is 5.02. The first-order valence-electron chi connectivity index (χ1n) is 6.64. The highest BCUT2D eigenvalue weighted by Gasteiger charge is 2.31. The molecule has 116 valence electrons. The number of sulfonamides is 1. The third kappa shape index (κ3) is 2.90. The molecule has 0 aliphatic heterocycles. The molecule has 2 heterocycles. The second kappa shape index (κ2) is 6.05. The van der Waals surface area contributed by atoms with Crippen LogP contribution in [-0.4, -0.2) is 24.4 Å². The first kappa shape index (κ1) is 15.8. The number of hydrogen-bond donors (Lipinski definition) is 1. The van der Waals surface area contributed by atoms with Crippen LogP contribution >= 0.6 is 0 Å². The number of aliphatic hydroxyl groups excluding tert-OH is 1. The molecular formula is C14H19NO5S. The van der Waals surface area contributed by atoms with Crippen LogP contribution in [-0.2, 0) is 23.2 Å². The quantitative estimate of drug-likeness (QED) is 0.883. The molecule has 2 aromatic heterocycles. The predicted molar refractivity (Wildman–Crippen MR) is 76.1 cm³/mol. The summed E-state index contributed by atoms with van der Waals surface area (Å²) >= 11 is 0. The average molecular weight is 313 g/mol. The van der Waals surface area contributed by atoms with Gasteiger partial charge in [0.05, 0.1) is 19.4 Å². The van der Waals surface area contributed by atoms with E-state index in [-0.39, 0.29) is 30.4 Å². The van der Waals surface area contributed by atoms with Crippen molar-refractivity contribution in [2.75, 3.05) is 6.54 Å². The molecule has 0 aromatic carbocycles. The van der Waals surface area contributed by atoms with Gasteiger partial charge in [-0.25, -0.2) is 8.42 Å². The Hall–Kier alpha value is -1.57. The number of rotatable bonds is 6. The maximum Gasteiger partial charge on any atom is 0.247 e. The SMILES string of the molecule is CCN(Cc1ccco1)S(=O)(=O)c1c(C)oc(C)c1CO. The molecule has 0 radical (unpaired) electrons. The summed E-state index contributed by atoms with van der Waals surface area (Å²) in [4.78, 5) is 0.0518. The van der Waals surface area contributed by atoms with E-state index in [4.69, 9.17) is 8.83 Å². The third-order valence-corrected chi connectivity index (χ3v) is 5.46. The summed E-state index contributed by atoms with van der Waals surface area (Å²) < 4.78 is 37.5. The maximum atomic E-state index is 12.8. The van der Waals surface area contributed by atoms with Crippen LogP contribution in [0.3, 0.4) is 0 Å². The Morgan fingerprint density at radius 3 is 2.52 bits per heavy atom. The highest BCUT2D eigenvalue weighted by molar-refractivity contribution is 7.89. The molecule has 6 nitrogen and oxygen atoms in total. The number of furan rings is 2. The molecule has 0 saturated heterocycles. The molecule has 0 unspecified atom stereocenters. The molecule has 0 bridgehead atoms. The fourth-order valence-electron chi connectivity index (χ4n) is 2.30. The summed E-state index contributed by atoms with van der Waals surface area (Å²) in [6, 6.07) is 3.43. The average Bonchev–Trinajstić information content (AvgIpc) is 3.02. The van der Waals surface area contributed by atoms with Gasteiger partial charge in [-0.05, 0) is 26.0 Å². The monoisotopic (exact) mass is 313 g/mol. The van der Waals surface area contributed by atoms with Gasteiger partial charge in [-0.3, -0.25) is 0 Å². The summed E-state index contributed by atoms with van der Waals surface area (Å²) in [5.41, 5.74) is 0.311. The zero-order chi connectivity index (χ0) is 15.6. The van der Waals surface area contributed by atoms with Crippen molar-refractivity contribution in [3.8, 4) is 0 Å². The Morgan fingerprint density at radius 1 is 1.29 bits per heavy atom. The summed E-state index contributed by atoms with van der Waals surface area (Å²) in [6.07, 6.45) is 1.50. The molecule has 2 rings (SSSR count). The van der Waals surface area contributed by atoms with E-state index < -0.39 is 10.0 Å². The Labute approximate surface area is 124 Å². The topological polar surface area (TPSA) is 83.9 Å². The van der Waals surface area contributed by atoms with Gasteiger partial charge in [0.1, 0.15) is 22.2 Å². The third-order valence-electron chi connectivity index (χ3n) is 3.35. The molecule has 1 N–H and O–H groups in total. The summed E-state index contributed by atoms with van der Waals surface area (Å²) in [7, 11) is -3.76. The van der Waals surface area contributed by atoms with Crippen molar-refractivity contribution in [3.63, 3.8) is 0 Å². The van der Waals surface area contributed by atoms with E-state index in [1.165, 1.54) is 10.6 Å². The van der Waals surface area contributed by atoms with Crippen LogP contribution in [0.5, 0.6) is 0 Å². The first-order valence-corrected chi connectivity index (χ1v) is 8.08. The van der Waals surface area contributed by atoms with Gasteiger partial charge in [-0.1, -0.05) is 6.92 Å². The van der Waals surface area contributed by atoms with E-state index in [0.717, 1.165) is 0 Å². The molecule has 0 fully saturated rings. The molecule has 0 saturated carbocycles. The van der Waals surface area contributed by atoms with Crippen molar-refractivity contribution >= 4 is 10.0 Å². The predicted octanol–water partition coefficient (Wildman–Crippen LogP) is 2.19. The second-order valence-electron chi connectivity index (χ2n) is 4.69. The molecule has 2 aromatic rings. The van der Waals surface area contributed by atoms with Crippen LogP contribution < -0.4 is 0 Å². The molecule has 7 heteroatoms. The van der Waals surface area contributed by atoms with E-state index >= 15 is 0 Å². The fraction of sp³-hybridized carbons (Fsp3) is 0.429. The molecule has 0 spiro atoms. The minimum atomic E-state index is -3.76. The van der Waals surface area contributed by atoms with E-state index in [1.807, 2.05) is 0 Å². The van der Waals surface area contributed by atoms with Gasteiger partial charge in [-0.2, -0.15) is 4.31 Å². The smallest absolute Gasteiger partial charge is 0.247 e. The Kier molecular flexibility index (Phi) is 4.55. The molecule has 0 aliphatic carbocycles. The van der Waals surface area contributed by atoms with Gasteiger partial charge >= 0.3 is 0 Å². The normalized spacial score (nSPS) is 12.2. The van der Waals surface area contributed by atoms with Crippen molar-refractivity contribution in [1.29, 1.82) is 0 Å². The number of aryl methyl sites for hydroxylation is 2. The molecule has 21 heavy (non-hydrogen) atoms. The van der Waals surface area contributed by atoms with Crippen LogP contribution in [0.4, 0.5) is 0 Å². The van der Waals surface area contributed by atoms with Crippen LogP contribution in [0.1, 0.15) is 29.8 Å². The number of hydrogen-bond acceptors (Lipinski definition) is 5. The highest BCUT2D eigenvalue weighted by Crippen LogP contribution is 2.30. The lowest BCUT2D eigenvalue weighted by Gasteiger charge is -2.19. The van der Waals surface area contributed by atoms with Gasteiger partial charge in [0.2, 0.25) is 10.0 Å². The van der Waals surface area contributed by atoms with Crippen LogP contribution in [0.15, 0.2) is 32.1 Å². The van der Waals surface area contributed by atoms with Gasteiger partial charge in [-0.15, -0.1) is 0 Å². The first-order chi connectivity index (χ1) is 9.91. The second-order valence-corrected chi connectivity index (χ2v) is 6.57. The van der Waals surface area contributed by atoms with Gasteiger partial charge in [0, 0.05) is 12.1 Å². The molecule has 0 aliphatic rings. The van der Waals surface area contributed by atoms with Gasteiger partial charge in [0.15, 0.2) is 0 Å². The lowest BCUT2D eigenvalue weighted by Crippen LogP contribution is -2.31. The Morgan fingerprint density at radius 2 is 2.00 bits per heavy atom. The van der Waals surface area contributed by atoms with Crippen molar-refractivity contribution in [3.05, 3.63) is 41.2 Å². The number of nitrogens with zero attached hydrogens (tertiary/aromatic N) is 1. The fourth-order valence-corrected chi connectivity index (χ4v) is 4.12. The van der Waals surface area contributed by atoms with E-state index in [9.17, 15) is 13.5 Å². The Balaban J connectivity index is 2.44. The van der Waals surface area contributed by atoms with E-state index in [2.05, 4.69) is 0 Å². The van der Waals surface area contributed by atoms with Gasteiger partial charge in [0.25, 0.3) is 0 Å². The molecule has 0 amide bonds. The highest BCUT2D eigenvalue weighted by atomic mass is 32.2. The van der Waals surface area contributed by atoms with Crippen LogP contribution in [0.25, 0.3) is 0 Å². The lowest BCUT2D eigenvalue weighted by atomic mass is 10.2. The minimum absolute atomic E-state index is 0.0518. The Bertz CT molecular complexity index is 700. The van der Waals surface area contributed by atoms with Crippen LogP contribution in [0.2, 0.25) is 0 Å². The number of aliphatic hydroxyl groups is 1. The van der Waals surface area contributed by atoms with Crippen molar-refractivity contribution < 1.29 is 22.4 Å². The molecule has 0 atom stereocenters. The molecular weight excluding hydrogens is 294 g/mol. The van der Waals surface area contributed by atoms with Gasteiger partial charge < -0.3 is 13.9 Å². The minimum Gasteiger partial charge on any atom is -0.468 e. The van der Waals surface area contributed by atoms with Crippen molar-refractivity contribution in [2.45, 2.75) is 38.8 Å². The zero-order valence-electron chi connectivity index (χ0n) is 12.3. The van der Waals surface area contributed by atoms with E-state index in [1.54, 1.807) is 32.9 Å². The van der Waals surface area contributed by atoms with Crippen LogP contribution in [0, 0.1) is 13.8 Å². The summed E-state index contributed by atoms with van der Waals surface area (Å²) in [5.74, 6) is 1.26. The van der Waals surface area contributed by atoms with Crippen molar-refractivity contribution in [1.82, 2.24) is 4.31 Å². The lowest BCUT2D eigenvalue weighted by molar-refractivity contribution is 0.276. The maximum absolute atomic E-state index is 12.8. The van der Waals surface area contributed by atoms with Crippen molar-refractivity contribution in [2.24, 2.45) is 0 Å². The zero-order valence-corrected chi connectivity index (χ0v) is 13.1. The standard InChI is InChI=1S/C14H19NO5S/c1-4-15(8-12-6-5-7-19-12)21(17,18)14-11(3)20-10(2)13(14)9-16/h5-7,16H,4,8-9H2,1-3H3. The largest absolute Gasteiger partial charge is 0.468 e.